The summed E-state index contributed by atoms with van der Waals surface area (Å²) in [6, 6.07) is 4.11. The van der Waals surface area contributed by atoms with Crippen LogP contribution in [0.1, 0.15) is 25.7 Å². The van der Waals surface area contributed by atoms with Gasteiger partial charge in [0.25, 0.3) is 0 Å². The van der Waals surface area contributed by atoms with Crippen LogP contribution in [-0.2, 0) is 6.54 Å². The summed E-state index contributed by atoms with van der Waals surface area (Å²) in [6.07, 6.45) is 12.5. The number of rotatable bonds is 4. The van der Waals surface area contributed by atoms with E-state index in [9.17, 15) is 5.11 Å². The Balaban J connectivity index is 1.50. The molecular formula is C18H22N4O. The molecule has 1 fully saturated rings. The SMILES string of the molecule is OCC1CCC(Cn2cc(-c3ccnc4[nH]ccc34)cn2)CC1. The number of aromatic nitrogens is 4. The quantitative estimate of drug-likeness (QED) is 0.777. The third kappa shape index (κ3) is 2.88. The van der Waals surface area contributed by atoms with Crippen LogP contribution in [0.5, 0.6) is 0 Å². The van der Waals surface area contributed by atoms with E-state index in [-0.39, 0.29) is 0 Å². The molecule has 0 spiro atoms. The highest BCUT2D eigenvalue weighted by molar-refractivity contribution is 5.92. The summed E-state index contributed by atoms with van der Waals surface area (Å²) in [4.78, 5) is 7.49. The molecule has 120 valence electrons. The van der Waals surface area contributed by atoms with E-state index < -0.39 is 0 Å². The molecule has 1 aliphatic carbocycles. The average molecular weight is 310 g/mol. The van der Waals surface area contributed by atoms with E-state index in [4.69, 9.17) is 0 Å². The minimum absolute atomic E-state index is 0.341. The van der Waals surface area contributed by atoms with Crippen LogP contribution < -0.4 is 0 Å². The molecule has 0 aromatic carbocycles. The van der Waals surface area contributed by atoms with Gasteiger partial charge < -0.3 is 10.1 Å². The Kier molecular flexibility index (Phi) is 3.87. The number of hydrogen-bond acceptors (Lipinski definition) is 3. The Hall–Kier alpha value is -2.14. The Bertz CT molecular complexity index is 783. The van der Waals surface area contributed by atoms with Crippen LogP contribution in [0.2, 0.25) is 0 Å². The van der Waals surface area contributed by atoms with E-state index in [0.29, 0.717) is 18.4 Å². The van der Waals surface area contributed by atoms with Crippen molar-refractivity contribution < 1.29 is 5.11 Å². The fourth-order valence-corrected chi connectivity index (χ4v) is 3.68. The zero-order chi connectivity index (χ0) is 15.6. The molecule has 0 atom stereocenters. The number of aromatic amines is 1. The second kappa shape index (κ2) is 6.16. The van der Waals surface area contributed by atoms with E-state index >= 15 is 0 Å². The number of hydrogen-bond donors (Lipinski definition) is 2. The lowest BCUT2D eigenvalue weighted by molar-refractivity contribution is 0.159. The van der Waals surface area contributed by atoms with E-state index in [1.807, 2.05) is 24.7 Å². The van der Waals surface area contributed by atoms with Crippen molar-refractivity contribution in [2.75, 3.05) is 6.61 Å². The molecule has 1 aliphatic rings. The highest BCUT2D eigenvalue weighted by atomic mass is 16.3. The molecule has 3 aromatic rings. The van der Waals surface area contributed by atoms with Crippen LogP contribution in [-0.4, -0.2) is 31.5 Å². The van der Waals surface area contributed by atoms with Crippen molar-refractivity contribution in [2.45, 2.75) is 32.2 Å². The summed E-state index contributed by atoms with van der Waals surface area (Å²) >= 11 is 0. The topological polar surface area (TPSA) is 66.7 Å². The van der Waals surface area contributed by atoms with Gasteiger partial charge >= 0.3 is 0 Å². The molecular weight excluding hydrogens is 288 g/mol. The van der Waals surface area contributed by atoms with E-state index in [0.717, 1.165) is 36.0 Å². The predicted octanol–water partition coefficient (Wildman–Crippen LogP) is 3.23. The van der Waals surface area contributed by atoms with Crippen LogP contribution in [0.15, 0.2) is 36.9 Å². The normalized spacial score (nSPS) is 21.8. The summed E-state index contributed by atoms with van der Waals surface area (Å²) in [5, 5.41) is 14.9. The first-order valence-corrected chi connectivity index (χ1v) is 8.39. The van der Waals surface area contributed by atoms with Gasteiger partial charge in [-0.3, -0.25) is 4.68 Å². The first-order chi connectivity index (χ1) is 11.3. The Morgan fingerprint density at radius 3 is 2.83 bits per heavy atom. The van der Waals surface area contributed by atoms with Crippen molar-refractivity contribution in [1.82, 2.24) is 19.7 Å². The van der Waals surface area contributed by atoms with Crippen LogP contribution in [0.3, 0.4) is 0 Å². The molecule has 3 heterocycles. The Morgan fingerprint density at radius 2 is 2.00 bits per heavy atom. The van der Waals surface area contributed by atoms with Crippen molar-refractivity contribution in [2.24, 2.45) is 11.8 Å². The second-order valence-corrected chi connectivity index (χ2v) is 6.62. The van der Waals surface area contributed by atoms with E-state index in [2.05, 4.69) is 32.0 Å². The zero-order valence-electron chi connectivity index (χ0n) is 13.2. The fraction of sp³-hybridized carbons (Fsp3) is 0.444. The van der Waals surface area contributed by atoms with Gasteiger partial charge in [0.2, 0.25) is 0 Å². The van der Waals surface area contributed by atoms with Crippen molar-refractivity contribution in [3.63, 3.8) is 0 Å². The van der Waals surface area contributed by atoms with Gasteiger partial charge in [-0.05, 0) is 55.2 Å². The van der Waals surface area contributed by atoms with E-state index in [1.165, 1.54) is 18.4 Å². The third-order valence-electron chi connectivity index (χ3n) is 5.07. The van der Waals surface area contributed by atoms with E-state index in [1.54, 1.807) is 0 Å². The first kappa shape index (κ1) is 14.5. The molecule has 5 heteroatoms. The summed E-state index contributed by atoms with van der Waals surface area (Å²) in [7, 11) is 0. The Labute approximate surface area is 135 Å². The predicted molar refractivity (Wildman–Crippen MR) is 89.8 cm³/mol. The molecule has 0 saturated heterocycles. The minimum Gasteiger partial charge on any atom is -0.396 e. The molecule has 0 bridgehead atoms. The molecule has 5 nitrogen and oxygen atoms in total. The minimum atomic E-state index is 0.341. The molecule has 1 saturated carbocycles. The molecule has 0 unspecified atom stereocenters. The molecule has 0 aliphatic heterocycles. The number of aliphatic hydroxyl groups is 1. The smallest absolute Gasteiger partial charge is 0.137 e. The maximum absolute atomic E-state index is 9.24. The number of aliphatic hydroxyl groups excluding tert-OH is 1. The van der Waals surface area contributed by atoms with Gasteiger partial charge in [-0.2, -0.15) is 5.10 Å². The number of nitrogens with zero attached hydrogens (tertiary/aromatic N) is 3. The van der Waals surface area contributed by atoms with Gasteiger partial charge in [0.05, 0.1) is 6.20 Å². The molecule has 2 N–H and O–H groups in total. The summed E-state index contributed by atoms with van der Waals surface area (Å²) in [5.41, 5.74) is 3.23. The molecule has 23 heavy (non-hydrogen) atoms. The largest absolute Gasteiger partial charge is 0.396 e. The monoisotopic (exact) mass is 310 g/mol. The van der Waals surface area contributed by atoms with Gasteiger partial charge in [0.15, 0.2) is 0 Å². The Morgan fingerprint density at radius 1 is 1.17 bits per heavy atom. The van der Waals surface area contributed by atoms with Crippen LogP contribution >= 0.6 is 0 Å². The van der Waals surface area contributed by atoms with Crippen LogP contribution in [0.25, 0.3) is 22.2 Å². The molecule has 3 aromatic heterocycles. The van der Waals surface area contributed by atoms with Crippen LogP contribution in [0, 0.1) is 11.8 Å². The number of H-pyrrole nitrogens is 1. The van der Waals surface area contributed by atoms with Gasteiger partial charge in [-0.1, -0.05) is 0 Å². The standard InChI is InChI=1S/C18H22N4O/c23-12-14-3-1-13(2-4-14)10-22-11-15(9-21-22)16-5-7-19-18-17(16)6-8-20-18/h5-9,11,13-14,23H,1-4,10,12H2,(H,19,20). The lowest BCUT2D eigenvalue weighted by atomic mass is 9.82. The van der Waals surface area contributed by atoms with Gasteiger partial charge in [0, 0.05) is 42.7 Å². The number of nitrogens with one attached hydrogen (secondary N) is 1. The summed E-state index contributed by atoms with van der Waals surface area (Å²) in [5.74, 6) is 1.19. The third-order valence-corrected chi connectivity index (χ3v) is 5.07. The van der Waals surface area contributed by atoms with Gasteiger partial charge in [0.1, 0.15) is 5.65 Å². The van der Waals surface area contributed by atoms with Crippen LogP contribution in [0.4, 0.5) is 0 Å². The first-order valence-electron chi connectivity index (χ1n) is 8.39. The lowest BCUT2D eigenvalue weighted by Crippen LogP contribution is -2.20. The highest BCUT2D eigenvalue weighted by Gasteiger charge is 2.21. The fourth-order valence-electron chi connectivity index (χ4n) is 3.68. The van der Waals surface area contributed by atoms with Crippen molar-refractivity contribution in [1.29, 1.82) is 0 Å². The van der Waals surface area contributed by atoms with Gasteiger partial charge in [-0.15, -0.1) is 0 Å². The molecule has 0 radical (unpaired) electrons. The average Bonchev–Trinajstić information content (AvgIpc) is 3.24. The number of pyridine rings is 1. The van der Waals surface area contributed by atoms with Crippen molar-refractivity contribution in [3.05, 3.63) is 36.9 Å². The maximum atomic E-state index is 9.24. The summed E-state index contributed by atoms with van der Waals surface area (Å²) in [6.45, 7) is 1.31. The van der Waals surface area contributed by atoms with Crippen molar-refractivity contribution in [3.8, 4) is 11.1 Å². The molecule has 0 amide bonds. The lowest BCUT2D eigenvalue weighted by Gasteiger charge is -2.27. The van der Waals surface area contributed by atoms with Gasteiger partial charge in [-0.25, -0.2) is 4.98 Å². The highest BCUT2D eigenvalue weighted by Crippen LogP contribution is 2.30. The summed E-state index contributed by atoms with van der Waals surface area (Å²) < 4.78 is 2.07. The number of fused-ring (bicyclic) bond motifs is 1. The second-order valence-electron chi connectivity index (χ2n) is 6.62. The van der Waals surface area contributed by atoms with Crippen molar-refractivity contribution >= 4 is 11.0 Å². The maximum Gasteiger partial charge on any atom is 0.137 e. The molecule has 4 rings (SSSR count). The zero-order valence-corrected chi connectivity index (χ0v) is 13.2.